The minimum Gasteiger partial charge on any atom is -0.462 e. The molecule has 0 aromatic rings. The van der Waals surface area contributed by atoms with Crippen LogP contribution in [0.5, 0.6) is 0 Å². The largest absolute Gasteiger partial charge is 0.462 e. The number of ether oxygens (including phenoxy) is 3. The molecule has 1 atom stereocenters. The zero-order valence-electron chi connectivity index (χ0n) is 38.6. The van der Waals surface area contributed by atoms with Gasteiger partial charge in [0.2, 0.25) is 0 Å². The smallest absolute Gasteiger partial charge is 0.306 e. The second-order valence-corrected chi connectivity index (χ2v) is 17.5. The third kappa shape index (κ3) is 45.3. The lowest BCUT2D eigenvalue weighted by Crippen LogP contribution is -2.30. The van der Waals surface area contributed by atoms with Gasteiger partial charge in [-0.3, -0.25) is 14.4 Å². The molecule has 0 aliphatic heterocycles. The summed E-state index contributed by atoms with van der Waals surface area (Å²) in [6, 6.07) is 0. The Labute approximate surface area is 355 Å². The Kier molecular flexibility index (Phi) is 45.8. The molecule has 0 unspecified atom stereocenters. The normalized spacial score (nSPS) is 11.8. The second-order valence-electron chi connectivity index (χ2n) is 17.5. The summed E-state index contributed by atoms with van der Waals surface area (Å²) in [5, 5.41) is 0. The summed E-state index contributed by atoms with van der Waals surface area (Å²) in [5.74, 6) is -0.847. The average molecular weight is 807 g/mol. The maximum absolute atomic E-state index is 12.7. The number of rotatable bonds is 47. The average Bonchev–Trinajstić information content (AvgIpc) is 3.21. The third-order valence-electron chi connectivity index (χ3n) is 11.6. The van der Waals surface area contributed by atoms with Crippen molar-refractivity contribution in [2.45, 2.75) is 297 Å². The van der Waals surface area contributed by atoms with Crippen LogP contribution in [0.15, 0.2) is 0 Å². The van der Waals surface area contributed by atoms with E-state index >= 15 is 0 Å². The Balaban J connectivity index is 4.19. The summed E-state index contributed by atoms with van der Waals surface area (Å²) in [4.78, 5) is 37.8. The molecule has 6 nitrogen and oxygen atoms in total. The van der Waals surface area contributed by atoms with E-state index in [9.17, 15) is 14.4 Å². The summed E-state index contributed by atoms with van der Waals surface area (Å²) in [6.45, 7) is 6.65. The maximum atomic E-state index is 12.7. The topological polar surface area (TPSA) is 78.9 Å². The van der Waals surface area contributed by atoms with E-state index in [1.165, 1.54) is 193 Å². The van der Waals surface area contributed by atoms with E-state index in [0.29, 0.717) is 19.3 Å². The predicted molar refractivity (Wildman–Crippen MR) is 243 cm³/mol. The molecule has 0 aliphatic rings. The Morgan fingerprint density at radius 2 is 0.474 bits per heavy atom. The van der Waals surface area contributed by atoms with Crippen LogP contribution in [-0.2, 0) is 28.6 Å². The van der Waals surface area contributed by atoms with Crippen molar-refractivity contribution in [3.8, 4) is 0 Å². The van der Waals surface area contributed by atoms with E-state index in [1.54, 1.807) is 0 Å². The predicted octanol–water partition coefficient (Wildman–Crippen LogP) is 16.4. The highest BCUT2D eigenvalue weighted by molar-refractivity contribution is 5.71. The molecule has 0 aromatic heterocycles. The van der Waals surface area contributed by atoms with Gasteiger partial charge in [-0.15, -0.1) is 0 Å². The fraction of sp³-hybridized carbons (Fsp3) is 0.941. The van der Waals surface area contributed by atoms with Gasteiger partial charge in [-0.05, 0) is 19.3 Å². The van der Waals surface area contributed by atoms with Gasteiger partial charge in [0.05, 0.1) is 0 Å². The van der Waals surface area contributed by atoms with Gasteiger partial charge < -0.3 is 14.2 Å². The molecule has 0 saturated carbocycles. The highest BCUT2D eigenvalue weighted by Crippen LogP contribution is 2.17. The summed E-state index contributed by atoms with van der Waals surface area (Å²) in [6.07, 6.45) is 49.5. The Morgan fingerprint density at radius 1 is 0.281 bits per heavy atom. The molecule has 0 rings (SSSR count). The highest BCUT2D eigenvalue weighted by atomic mass is 16.6. The minimum atomic E-state index is -0.758. The first-order valence-corrected chi connectivity index (χ1v) is 25.5. The van der Waals surface area contributed by atoms with E-state index in [0.717, 1.165) is 57.8 Å². The molecule has 0 saturated heterocycles. The third-order valence-corrected chi connectivity index (χ3v) is 11.6. The van der Waals surface area contributed by atoms with Crippen molar-refractivity contribution in [2.24, 2.45) is 0 Å². The first-order chi connectivity index (χ1) is 28.0. The van der Waals surface area contributed by atoms with Crippen LogP contribution in [0.1, 0.15) is 290 Å². The van der Waals surface area contributed by atoms with Gasteiger partial charge in [0, 0.05) is 19.3 Å². The summed E-state index contributed by atoms with van der Waals surface area (Å²) >= 11 is 0. The molecule has 0 N–H and O–H groups in total. The van der Waals surface area contributed by atoms with Gasteiger partial charge in [0.1, 0.15) is 13.2 Å². The molecule has 0 radical (unpaired) electrons. The number of carbonyl (C=O) groups is 3. The number of hydrogen-bond acceptors (Lipinski definition) is 6. The molecule has 0 aromatic carbocycles. The fourth-order valence-corrected chi connectivity index (χ4v) is 7.74. The van der Waals surface area contributed by atoms with E-state index < -0.39 is 6.10 Å². The van der Waals surface area contributed by atoms with Crippen LogP contribution in [-0.4, -0.2) is 37.2 Å². The number of hydrogen-bond donors (Lipinski definition) is 0. The van der Waals surface area contributed by atoms with E-state index in [-0.39, 0.29) is 31.1 Å². The van der Waals surface area contributed by atoms with Crippen LogP contribution in [0, 0.1) is 0 Å². The quantitative estimate of drug-likeness (QED) is 0.0346. The van der Waals surface area contributed by atoms with Crippen LogP contribution in [0.4, 0.5) is 0 Å². The Hall–Kier alpha value is -1.59. The lowest BCUT2D eigenvalue weighted by atomic mass is 10.0. The van der Waals surface area contributed by atoms with Crippen molar-refractivity contribution in [3.05, 3.63) is 0 Å². The summed E-state index contributed by atoms with van der Waals surface area (Å²) < 4.78 is 16.7. The molecule has 6 heteroatoms. The monoisotopic (exact) mass is 807 g/mol. The van der Waals surface area contributed by atoms with Gasteiger partial charge >= 0.3 is 17.9 Å². The summed E-state index contributed by atoms with van der Waals surface area (Å²) in [7, 11) is 0. The van der Waals surface area contributed by atoms with Gasteiger partial charge in [0.15, 0.2) is 6.10 Å². The SMILES string of the molecule is CCCCCCCCCCCCCCCCCCCCCC(=O)OC[C@@H](COC(=O)CCCCCCCCCCCC)OC(=O)CCCCCCCCCCCC. The Morgan fingerprint density at radius 3 is 0.702 bits per heavy atom. The van der Waals surface area contributed by atoms with Gasteiger partial charge in [-0.1, -0.05) is 252 Å². The van der Waals surface area contributed by atoms with Gasteiger partial charge in [0.25, 0.3) is 0 Å². The molecule has 57 heavy (non-hydrogen) atoms. The van der Waals surface area contributed by atoms with E-state index in [1.807, 2.05) is 0 Å². The van der Waals surface area contributed by atoms with Crippen LogP contribution in [0.25, 0.3) is 0 Å². The zero-order chi connectivity index (χ0) is 41.5. The maximum Gasteiger partial charge on any atom is 0.306 e. The summed E-state index contributed by atoms with van der Waals surface area (Å²) in [5.41, 5.74) is 0. The molecule has 0 fully saturated rings. The van der Waals surface area contributed by atoms with Crippen molar-refractivity contribution in [1.29, 1.82) is 0 Å². The lowest BCUT2D eigenvalue weighted by Gasteiger charge is -2.18. The lowest BCUT2D eigenvalue weighted by molar-refractivity contribution is -0.167. The standard InChI is InChI=1S/C51H98O6/c1-4-7-10-13-16-19-22-23-24-25-26-27-28-29-30-33-35-38-41-44-50(53)56-47-48(57-51(54)45-42-39-36-32-21-18-15-12-9-6-3)46-55-49(52)43-40-37-34-31-20-17-14-11-8-5-2/h48H,4-47H2,1-3H3/t48-/m1/s1. The van der Waals surface area contributed by atoms with E-state index in [2.05, 4.69) is 20.8 Å². The number of esters is 3. The van der Waals surface area contributed by atoms with Crippen molar-refractivity contribution in [2.75, 3.05) is 13.2 Å². The molecule has 338 valence electrons. The number of unbranched alkanes of at least 4 members (excludes halogenated alkanes) is 36. The molecule has 0 aliphatic carbocycles. The van der Waals surface area contributed by atoms with Crippen molar-refractivity contribution in [1.82, 2.24) is 0 Å². The van der Waals surface area contributed by atoms with Gasteiger partial charge in [-0.2, -0.15) is 0 Å². The van der Waals surface area contributed by atoms with Crippen molar-refractivity contribution >= 4 is 17.9 Å². The molecule has 0 heterocycles. The second kappa shape index (κ2) is 47.1. The van der Waals surface area contributed by atoms with Crippen LogP contribution in [0.3, 0.4) is 0 Å². The highest BCUT2D eigenvalue weighted by Gasteiger charge is 2.19. The first-order valence-electron chi connectivity index (χ1n) is 25.5. The van der Waals surface area contributed by atoms with Crippen molar-refractivity contribution in [3.63, 3.8) is 0 Å². The zero-order valence-corrected chi connectivity index (χ0v) is 38.6. The minimum absolute atomic E-state index is 0.0622. The van der Waals surface area contributed by atoms with Crippen LogP contribution >= 0.6 is 0 Å². The molecular weight excluding hydrogens is 709 g/mol. The molecule has 0 amide bonds. The van der Waals surface area contributed by atoms with Crippen LogP contribution < -0.4 is 0 Å². The fourth-order valence-electron chi connectivity index (χ4n) is 7.74. The number of carbonyl (C=O) groups excluding carboxylic acids is 3. The Bertz CT molecular complexity index is 844. The van der Waals surface area contributed by atoms with Crippen LogP contribution in [0.2, 0.25) is 0 Å². The molecular formula is C51H98O6. The first kappa shape index (κ1) is 55.4. The van der Waals surface area contributed by atoms with Crippen molar-refractivity contribution < 1.29 is 28.6 Å². The molecule has 0 bridgehead atoms. The van der Waals surface area contributed by atoms with E-state index in [4.69, 9.17) is 14.2 Å². The molecule has 0 spiro atoms. The van der Waals surface area contributed by atoms with Gasteiger partial charge in [-0.25, -0.2) is 0 Å².